The Hall–Kier alpha value is 1.32. The summed E-state index contributed by atoms with van der Waals surface area (Å²) in [6.07, 6.45) is 0. The Morgan fingerprint density at radius 1 is 1.00 bits per heavy atom. The Morgan fingerprint density at radius 2 is 1.00 bits per heavy atom. The molecule has 0 aromatic carbocycles. The van der Waals surface area contributed by atoms with Gasteiger partial charge in [0.05, 0.1) is 0 Å². The van der Waals surface area contributed by atoms with Gasteiger partial charge in [-0.3, -0.25) is 0 Å². The molecule has 8 radical (unpaired) electrons. The summed E-state index contributed by atoms with van der Waals surface area (Å²) >= 11 is 0. The summed E-state index contributed by atoms with van der Waals surface area (Å²) in [5, 5.41) is 0. The average molecular weight is 150 g/mol. The van der Waals surface area contributed by atoms with E-state index in [-0.39, 0.29) is 53.5 Å². The molecular weight excluding hydrogens is 150 g/mol. The summed E-state index contributed by atoms with van der Waals surface area (Å²) in [5.74, 6) is 0. The van der Waals surface area contributed by atoms with Crippen LogP contribution in [-0.2, 0) is 34.1 Å². The molecule has 4 heavy (non-hydrogen) atoms. The molecule has 0 rings (SSSR count). The van der Waals surface area contributed by atoms with E-state index >= 15 is 0 Å². The van der Waals surface area contributed by atoms with Crippen LogP contribution in [0.15, 0.2) is 0 Å². The van der Waals surface area contributed by atoms with Gasteiger partial charge < -0.3 is 0 Å². The Kier molecular flexibility index (Phi) is 389. The van der Waals surface area contributed by atoms with Crippen molar-refractivity contribution in [2.75, 3.05) is 0 Å². The Balaban J connectivity index is 0. The van der Waals surface area contributed by atoms with E-state index in [0.29, 0.717) is 0 Å². The van der Waals surface area contributed by atoms with Crippen molar-refractivity contribution in [2.45, 2.75) is 0 Å². The molecule has 0 atom stereocenters. The third-order valence-corrected chi connectivity index (χ3v) is 0. The van der Waals surface area contributed by atoms with Crippen LogP contribution in [0, 0.1) is 0 Å². The van der Waals surface area contributed by atoms with E-state index in [4.69, 9.17) is 0 Å². The third-order valence-electron chi connectivity index (χ3n) is 0. The fraction of sp³-hybridized carbons (Fsp3) is 0. The predicted molar refractivity (Wildman–Crippen MR) is 11.5 cm³/mol. The minimum absolute atomic E-state index is 0. The van der Waals surface area contributed by atoms with Gasteiger partial charge in [0.15, 0.2) is 0 Å². The maximum atomic E-state index is 0. The SMILES string of the molecule is [B].[Co].[Cr].[Si]. The maximum Gasteiger partial charge on any atom is 0 e. The van der Waals surface area contributed by atoms with Crippen LogP contribution in [0.5, 0.6) is 0 Å². The van der Waals surface area contributed by atoms with Crippen LogP contribution >= 0.6 is 0 Å². The first-order valence-electron chi connectivity index (χ1n) is 0. The smallest absolute Gasteiger partial charge is 0 e. The van der Waals surface area contributed by atoms with E-state index in [1.54, 1.807) is 0 Å². The number of rotatable bonds is 0. The summed E-state index contributed by atoms with van der Waals surface area (Å²) in [5.41, 5.74) is 0. The van der Waals surface area contributed by atoms with Gasteiger partial charge in [-0.1, -0.05) is 0 Å². The molecule has 0 amide bonds. The van der Waals surface area contributed by atoms with Gasteiger partial charge >= 0.3 is 0 Å². The van der Waals surface area contributed by atoms with Gasteiger partial charge in [0, 0.05) is 53.5 Å². The van der Waals surface area contributed by atoms with Crippen molar-refractivity contribution in [1.29, 1.82) is 0 Å². The molecule has 0 nitrogen and oxygen atoms in total. The first kappa shape index (κ1) is 56.9. The molecule has 4 heteroatoms. The van der Waals surface area contributed by atoms with Gasteiger partial charge in [-0.25, -0.2) is 0 Å². The van der Waals surface area contributed by atoms with Crippen molar-refractivity contribution in [3.8, 4) is 0 Å². The second kappa shape index (κ2) is 27.3. The molecule has 0 heterocycles. The summed E-state index contributed by atoms with van der Waals surface area (Å²) in [4.78, 5) is 0. The molecule has 0 aliphatic carbocycles. The molecule has 22 valence electrons. The van der Waals surface area contributed by atoms with Crippen LogP contribution in [0.3, 0.4) is 0 Å². The minimum Gasteiger partial charge on any atom is 0 e. The molecule has 0 aromatic rings. The summed E-state index contributed by atoms with van der Waals surface area (Å²) < 4.78 is 0. The normalized spacial score (nSPS) is 0. The van der Waals surface area contributed by atoms with E-state index in [1.165, 1.54) is 0 Å². The molecule has 0 fully saturated rings. The third kappa shape index (κ3) is 10.3. The van der Waals surface area contributed by atoms with Crippen LogP contribution in [0.1, 0.15) is 0 Å². The quantitative estimate of drug-likeness (QED) is 0.398. The van der Waals surface area contributed by atoms with E-state index in [9.17, 15) is 0 Å². The first-order valence-corrected chi connectivity index (χ1v) is 0. The zero-order valence-electron chi connectivity index (χ0n) is 1.82. The standard InChI is InChI=1S/B.Co.Cr.Si. The first-order chi connectivity index (χ1) is 0. The summed E-state index contributed by atoms with van der Waals surface area (Å²) in [6, 6.07) is 0. The van der Waals surface area contributed by atoms with Crippen molar-refractivity contribution in [2.24, 2.45) is 0 Å². The zero-order chi connectivity index (χ0) is 0. The Labute approximate surface area is 53.7 Å². The van der Waals surface area contributed by atoms with Crippen molar-refractivity contribution in [3.05, 3.63) is 0 Å². The molecule has 0 bridgehead atoms. The molecule has 0 aromatic heterocycles. The largest absolute Gasteiger partial charge is 0 e. The van der Waals surface area contributed by atoms with Gasteiger partial charge in [-0.15, -0.1) is 0 Å². The second-order valence-corrected chi connectivity index (χ2v) is 0. The van der Waals surface area contributed by atoms with Gasteiger partial charge in [-0.05, 0) is 0 Å². The van der Waals surface area contributed by atoms with Crippen LogP contribution in [-0.4, -0.2) is 19.4 Å². The van der Waals surface area contributed by atoms with E-state index in [0.717, 1.165) is 0 Å². The molecular formula is BCoCrSi. The fourth-order valence-corrected chi connectivity index (χ4v) is 0. The van der Waals surface area contributed by atoms with Crippen LogP contribution in [0.4, 0.5) is 0 Å². The van der Waals surface area contributed by atoms with Gasteiger partial charge in [0.1, 0.15) is 0 Å². The number of hydrogen-bond donors (Lipinski definition) is 0. The monoisotopic (exact) mass is 150 g/mol. The van der Waals surface area contributed by atoms with E-state index in [1.807, 2.05) is 0 Å². The van der Waals surface area contributed by atoms with E-state index < -0.39 is 0 Å². The molecule has 0 saturated heterocycles. The average Bonchev–Trinajstić information content (AvgIpc) is 0. The molecule has 0 spiro atoms. The van der Waals surface area contributed by atoms with Gasteiger partial charge in [0.2, 0.25) is 0 Å². The van der Waals surface area contributed by atoms with Crippen LogP contribution in [0.25, 0.3) is 0 Å². The molecule has 0 aliphatic heterocycles. The minimum atomic E-state index is 0. The van der Waals surface area contributed by atoms with E-state index in [2.05, 4.69) is 0 Å². The Bertz CT molecular complexity index is 8.00. The Morgan fingerprint density at radius 3 is 1.00 bits per heavy atom. The second-order valence-electron chi connectivity index (χ2n) is 0. The van der Waals surface area contributed by atoms with Crippen molar-refractivity contribution < 1.29 is 34.1 Å². The topological polar surface area (TPSA) is 0 Å². The summed E-state index contributed by atoms with van der Waals surface area (Å²) in [6.45, 7) is 0. The van der Waals surface area contributed by atoms with Crippen molar-refractivity contribution >= 4 is 19.4 Å². The van der Waals surface area contributed by atoms with Crippen LogP contribution in [0.2, 0.25) is 0 Å². The molecule has 0 N–H and O–H groups in total. The summed E-state index contributed by atoms with van der Waals surface area (Å²) in [7, 11) is 0. The number of hydrogen-bond acceptors (Lipinski definition) is 0. The van der Waals surface area contributed by atoms with Crippen molar-refractivity contribution in [3.63, 3.8) is 0 Å². The van der Waals surface area contributed by atoms with Crippen molar-refractivity contribution in [1.82, 2.24) is 0 Å². The molecule has 0 unspecified atom stereocenters. The molecule has 0 saturated carbocycles. The molecule has 0 aliphatic rings. The predicted octanol–water partition coefficient (Wildman–Crippen LogP) is -0.767. The maximum absolute atomic E-state index is 0. The van der Waals surface area contributed by atoms with Gasteiger partial charge in [0.25, 0.3) is 0 Å². The van der Waals surface area contributed by atoms with Gasteiger partial charge in [-0.2, -0.15) is 0 Å². The van der Waals surface area contributed by atoms with Crippen LogP contribution < -0.4 is 0 Å². The zero-order valence-corrected chi connectivity index (χ0v) is 5.13. The fourth-order valence-electron chi connectivity index (χ4n) is 0.